The molecule has 2 aliphatic carbocycles. The number of hydrogen-bond acceptors (Lipinski definition) is 8. The summed E-state index contributed by atoms with van der Waals surface area (Å²) in [7, 11) is 1.77. The summed E-state index contributed by atoms with van der Waals surface area (Å²) in [5.41, 5.74) is 19.3. The molecule has 4 N–H and O–H groups in total. The number of aliphatic carboxylic acids is 2. The van der Waals surface area contributed by atoms with Crippen molar-refractivity contribution in [3.8, 4) is 5.75 Å². The molecule has 0 saturated carbocycles. The maximum absolute atomic E-state index is 10.5. The number of anilines is 1. The van der Waals surface area contributed by atoms with E-state index in [1.165, 1.54) is 44.8 Å². The fraction of sp³-hybridized carbons (Fsp3) is 0.675. The Kier molecular flexibility index (Phi) is 215. The molecule has 0 radical (unpaired) electrons. The van der Waals surface area contributed by atoms with Gasteiger partial charge in [-0.1, -0.05) is 355 Å². The quantitative estimate of drug-likeness (QED) is 0.0836. The Hall–Kier alpha value is -5.68. The molecule has 5 aromatic rings. The second-order valence-corrected chi connectivity index (χ2v) is 16.2. The molecule has 3 aliphatic rings. The smallest absolute Gasteiger partial charge is 0.430 e. The van der Waals surface area contributed by atoms with E-state index in [9.17, 15) is 26.3 Å². The zero-order valence-electron chi connectivity index (χ0n) is 33.8. The number of carbonyl (C=O) groups excluding carboxylic acids is 2. The number of aryl methyl sites for hydroxylation is 2. The number of quaternary nitrogens is 1. The van der Waals surface area contributed by atoms with Crippen LogP contribution in [0.4, 0.5) is 32.0 Å². The molecule has 0 amide bonds. The molecule has 0 saturated heterocycles. The number of allylic oxidation sites excluding steroid dienone is 2. The monoisotopic (exact) mass is 1510 g/mol. The number of halogens is 7. The van der Waals surface area contributed by atoms with Crippen molar-refractivity contribution in [1.82, 2.24) is 15.0 Å². The Morgan fingerprint density at radius 1 is 0.624 bits per heavy atom. The first-order chi connectivity index (χ1) is 29.3. The van der Waals surface area contributed by atoms with E-state index in [-0.39, 0.29) is 296 Å². The van der Waals surface area contributed by atoms with Crippen LogP contribution in [0.5, 0.6) is 5.75 Å². The molecule has 2 aromatic heterocycles. The van der Waals surface area contributed by atoms with Gasteiger partial charge in [-0.3, -0.25) is 4.68 Å². The minimum atomic E-state index is -5.19. The van der Waals surface area contributed by atoms with E-state index in [0.29, 0.717) is 11.8 Å². The number of hydrogen-bond donors (Lipinski definition) is 2. The average molecular weight is 1510 g/mol. The second kappa shape index (κ2) is 96.4. The largest absolute Gasteiger partial charge is 0.542 e. The molecule has 11 nitrogen and oxygen atoms in total. The topological polar surface area (TPSA) is 165 Å². The summed E-state index contributed by atoms with van der Waals surface area (Å²) < 4.78 is 70.9. The van der Waals surface area contributed by atoms with Gasteiger partial charge in [0.15, 0.2) is 5.69 Å². The molecule has 4 atom stereocenters. The number of unbranched alkanes of at least 4 members (excludes halogenated alkanes) is 1. The van der Waals surface area contributed by atoms with E-state index in [2.05, 4.69) is 83.0 Å². The van der Waals surface area contributed by atoms with Crippen molar-refractivity contribution in [2.45, 2.75) is 379 Å². The number of nitrogens with two attached hydrogens (primary N) is 1. The van der Waals surface area contributed by atoms with Crippen molar-refractivity contribution < 1.29 is 60.8 Å². The van der Waals surface area contributed by atoms with Gasteiger partial charge >= 0.3 is 12.4 Å². The van der Waals surface area contributed by atoms with Gasteiger partial charge in [-0.15, -0.1) is 5.10 Å². The number of alkyl halides is 6. The molecule has 2 bridgehead atoms. The standard InChI is InChI=1S/C40H43ClN6O.2C2HF3O2.39CH4/c1-25-16-29-13-15-46(40(28-9-4-3-5-10-28)34(29)22-37(25)48-2)23-32-24-47(45-44-32)14-7-6-8-26-17-27-19-30(18-26)38-36(20-27)43-35-21-31(41)11-12-33(35)39(38)42;2*3-2(4,5)1(6)7;;;;;;;;;;;;;;;;;;;;;;;;;;;;;;;;;;;;;;;/h3-5,9-12,16-17,21-22,24,27,30,40H,6-8,13-15,18-20,23H2,1-2H3,(H2,42,43);2*(H,6,7);39*1H4. The number of ether oxygens (including phenoxy) is 1. The Labute approximate surface area is 645 Å². The minimum absolute atomic E-state index is 0. The number of fused-ring (bicyclic) bond motifs is 6. The maximum Gasteiger partial charge on any atom is 0.430 e. The van der Waals surface area contributed by atoms with Crippen molar-refractivity contribution in [2.75, 3.05) is 19.4 Å². The fourth-order valence-corrected chi connectivity index (χ4v) is 9.00. The average Bonchev–Trinajstić information content (AvgIpc) is 3.71. The summed E-state index contributed by atoms with van der Waals surface area (Å²) >= 11 is 6.28. The first-order valence-electron chi connectivity index (χ1n) is 20.0. The highest BCUT2D eigenvalue weighted by Gasteiger charge is 2.37. The highest BCUT2D eigenvalue weighted by Crippen LogP contribution is 2.46. The van der Waals surface area contributed by atoms with Gasteiger partial charge in [-0.2, -0.15) is 26.3 Å². The van der Waals surface area contributed by atoms with E-state index >= 15 is 0 Å². The Bertz CT molecular complexity index is 2430. The Balaban J connectivity index is -0.0000000244. The summed E-state index contributed by atoms with van der Waals surface area (Å²) in [6.07, 6.45) is 2.06. The van der Waals surface area contributed by atoms with Crippen LogP contribution in [0.25, 0.3) is 10.9 Å². The van der Waals surface area contributed by atoms with Gasteiger partial charge in [0.2, 0.25) is 5.52 Å². The number of nitrogens with zero attached hydrogens (tertiary/aromatic N) is 3. The Morgan fingerprint density at radius 3 is 1.46 bits per heavy atom. The van der Waals surface area contributed by atoms with Gasteiger partial charge in [0, 0.05) is 47.2 Å². The van der Waals surface area contributed by atoms with Crippen LogP contribution in [0.15, 0.2) is 78.5 Å². The number of nitrogens with one attached hydrogen (secondary N) is 2. The number of pyridine rings is 1. The lowest BCUT2D eigenvalue weighted by molar-refractivity contribution is -0.941. The zero-order chi connectivity index (χ0) is 44.9. The van der Waals surface area contributed by atoms with Crippen molar-refractivity contribution in [1.29, 1.82) is 0 Å². The lowest BCUT2D eigenvalue weighted by Crippen LogP contribution is -3.12. The molecule has 8 rings (SSSR count). The van der Waals surface area contributed by atoms with Crippen LogP contribution in [-0.2, 0) is 35.5 Å². The molecule has 18 heteroatoms. The second-order valence-electron chi connectivity index (χ2n) is 15.7. The summed E-state index contributed by atoms with van der Waals surface area (Å²) in [6.45, 7) is 4.93. The van der Waals surface area contributed by atoms with E-state index in [1.807, 2.05) is 16.8 Å². The third kappa shape index (κ3) is 57.4. The molecule has 0 fully saturated rings. The van der Waals surface area contributed by atoms with Crippen LogP contribution in [0.3, 0.4) is 0 Å². The van der Waals surface area contributed by atoms with Crippen LogP contribution in [0, 0.1) is 12.8 Å². The molecule has 101 heavy (non-hydrogen) atoms. The highest BCUT2D eigenvalue weighted by atomic mass is 35.5. The maximum atomic E-state index is 10.5. The van der Waals surface area contributed by atoms with Crippen LogP contribution in [-0.4, -0.2) is 52.9 Å². The van der Waals surface area contributed by atoms with Crippen molar-refractivity contribution in [2.24, 2.45) is 5.92 Å². The van der Waals surface area contributed by atoms with Gasteiger partial charge in [-0.05, 0) is 80.2 Å². The molecule has 3 heterocycles. The third-order valence-electron chi connectivity index (χ3n) is 11.4. The number of carboxylic acid groups (broad SMARTS) is 2. The molecular formula is C83H201ClF6N6O5. The number of carbonyl (C=O) groups is 2. The van der Waals surface area contributed by atoms with Crippen molar-refractivity contribution in [3.63, 3.8) is 0 Å². The number of aromatic amines is 1. The van der Waals surface area contributed by atoms with Gasteiger partial charge in [-0.25, -0.2) is 4.98 Å². The number of nitrogen functional groups attached to an aromatic ring is 1. The number of aromatic nitrogens is 4. The van der Waals surface area contributed by atoms with E-state index in [0.717, 1.165) is 91.2 Å². The Morgan fingerprint density at radius 2 is 1.05 bits per heavy atom. The number of H-pyrrole nitrogens is 1. The predicted octanol–water partition coefficient (Wildman–Crippen LogP) is 29.8. The molecule has 4 unspecified atom stereocenters. The first kappa shape index (κ1) is 226. The van der Waals surface area contributed by atoms with Gasteiger partial charge in [0.25, 0.3) is 0 Å². The van der Waals surface area contributed by atoms with E-state index < -0.39 is 24.3 Å². The summed E-state index contributed by atoms with van der Waals surface area (Å²) in [5, 5.41) is 28.6. The van der Waals surface area contributed by atoms with Crippen LogP contribution in [0.1, 0.15) is 373 Å². The molecule has 642 valence electrons. The molecule has 0 spiro atoms. The lowest BCUT2D eigenvalue weighted by Gasteiger charge is -2.34. The van der Waals surface area contributed by atoms with E-state index in [4.69, 9.17) is 41.9 Å². The normalized spacial score (nSPS) is 11.8. The van der Waals surface area contributed by atoms with Crippen LogP contribution in [0.2, 0.25) is 5.02 Å². The summed E-state index contributed by atoms with van der Waals surface area (Å²) in [5.74, 6) is -3.99. The summed E-state index contributed by atoms with van der Waals surface area (Å²) in [4.78, 5) is 22.7. The first-order valence-corrected chi connectivity index (χ1v) is 20.3. The van der Waals surface area contributed by atoms with Crippen LogP contribution >= 0.6 is 11.6 Å². The van der Waals surface area contributed by atoms with E-state index in [1.54, 1.807) is 12.7 Å². The minimum Gasteiger partial charge on any atom is -0.542 e. The number of carboxylic acids is 2. The van der Waals surface area contributed by atoms with Crippen molar-refractivity contribution in [3.05, 3.63) is 123 Å². The highest BCUT2D eigenvalue weighted by molar-refractivity contribution is 6.31. The van der Waals surface area contributed by atoms with Gasteiger partial charge in [0.1, 0.15) is 36.0 Å². The summed E-state index contributed by atoms with van der Waals surface area (Å²) in [6, 6.07) is 21.7. The number of rotatable bonds is 9. The molecule has 3 aromatic carbocycles. The number of methoxy groups -OCH3 is 1. The van der Waals surface area contributed by atoms with Gasteiger partial charge < -0.3 is 35.2 Å². The third-order valence-corrected chi connectivity index (χ3v) is 11.7. The number of benzene rings is 3. The lowest BCUT2D eigenvalue weighted by atomic mass is 9.70. The molecular weight excluding hydrogens is 1310 g/mol. The SMILES string of the molecule is C.C.C.C.C.C.C.C.C.C.C.C.C.C.C.C.C.C.C.C.C.C.C.C.C.C.C.C.C.C.C.C.C.C.C.C.C.C.C.COc1cc2c(cc1C)CC[NH+](Cc1cn(CCCCC3=CC4Cc5[nH+]c6cc(Cl)ccc6c(N)c5C(C3)C4)nn1)C2c1ccccc1.O=C([O-])C(F)(F)F.O=C([O-])C(F)(F)F. The predicted molar refractivity (Wildman–Crippen MR) is 475 cm³/mol. The van der Waals surface area contributed by atoms with Crippen molar-refractivity contribution >= 4 is 40.1 Å². The molecule has 1 aliphatic heterocycles. The zero-order valence-corrected chi connectivity index (χ0v) is 34.6. The van der Waals surface area contributed by atoms with Crippen LogP contribution < -0.4 is 30.6 Å². The van der Waals surface area contributed by atoms with Gasteiger partial charge in [0.05, 0.1) is 30.9 Å². The fourth-order valence-electron chi connectivity index (χ4n) is 8.83.